The second-order valence-electron chi connectivity index (χ2n) is 10.4. The number of hydrogen-bond acceptors (Lipinski definition) is 2. The van der Waals surface area contributed by atoms with E-state index in [1.807, 2.05) is 12.3 Å². The normalized spacial score (nSPS) is 16.4. The maximum atomic E-state index is 4.81. The molecule has 169 valence electrons. The van der Waals surface area contributed by atoms with Crippen LogP contribution < -0.4 is 4.90 Å². The monoisotopic (exact) mass is 618 g/mol. The van der Waals surface area contributed by atoms with E-state index in [2.05, 4.69) is 105 Å². The molecule has 0 atom stereocenters. The first kappa shape index (κ1) is 21.5. The summed E-state index contributed by atoms with van der Waals surface area (Å²) in [7, 11) is 0. The Labute approximate surface area is 214 Å². The van der Waals surface area contributed by atoms with Gasteiger partial charge >= 0.3 is 0 Å². The molecule has 1 aromatic heterocycles. The van der Waals surface area contributed by atoms with Gasteiger partial charge in [-0.2, -0.15) is 0 Å². The molecule has 0 fully saturated rings. The summed E-state index contributed by atoms with van der Waals surface area (Å²) in [5, 5.41) is 3.54. The van der Waals surface area contributed by atoms with Crippen LogP contribution in [0, 0.1) is 6.07 Å². The fourth-order valence-electron chi connectivity index (χ4n) is 6.26. The van der Waals surface area contributed by atoms with Gasteiger partial charge in [-0.25, -0.2) is 0 Å². The van der Waals surface area contributed by atoms with Gasteiger partial charge in [0.15, 0.2) is 0 Å². The molecule has 0 saturated heterocycles. The van der Waals surface area contributed by atoms with Crippen molar-refractivity contribution in [1.82, 2.24) is 4.98 Å². The van der Waals surface area contributed by atoms with Crippen molar-refractivity contribution in [2.75, 3.05) is 4.90 Å². The first-order valence-corrected chi connectivity index (χ1v) is 11.7. The summed E-state index contributed by atoms with van der Waals surface area (Å²) in [4.78, 5) is 7.30. The second-order valence-corrected chi connectivity index (χ2v) is 10.4. The first-order chi connectivity index (χ1) is 15.9. The average molecular weight is 618 g/mol. The molecule has 0 saturated carbocycles. The Morgan fingerprint density at radius 2 is 1.38 bits per heavy atom. The third-order valence-corrected chi connectivity index (χ3v) is 7.88. The Hall–Kier alpha value is -3.00. The van der Waals surface area contributed by atoms with E-state index in [1.165, 1.54) is 44.7 Å². The SMILES string of the molecule is CC1(C)c2[c-]c3c(ccc4cccnc43)c3c2N(c2ccccc21)c1ccccc1C3(C)C.[Ir]. The van der Waals surface area contributed by atoms with Crippen LogP contribution >= 0.6 is 0 Å². The molecule has 5 aromatic rings. The van der Waals surface area contributed by atoms with Crippen molar-refractivity contribution in [3.63, 3.8) is 0 Å². The van der Waals surface area contributed by atoms with Crippen LogP contribution in [0.5, 0.6) is 0 Å². The Bertz CT molecular complexity index is 1620. The van der Waals surface area contributed by atoms with Gasteiger partial charge in [-0.15, -0.1) is 16.8 Å². The van der Waals surface area contributed by atoms with Crippen molar-refractivity contribution < 1.29 is 20.1 Å². The van der Waals surface area contributed by atoms with E-state index in [4.69, 9.17) is 4.98 Å². The van der Waals surface area contributed by atoms with Crippen molar-refractivity contribution in [1.29, 1.82) is 0 Å². The van der Waals surface area contributed by atoms with E-state index in [0.717, 1.165) is 16.3 Å². The van der Waals surface area contributed by atoms with E-state index < -0.39 is 0 Å². The molecule has 7 rings (SSSR count). The number of anilines is 3. The average Bonchev–Trinajstić information content (AvgIpc) is 2.83. The minimum Gasteiger partial charge on any atom is -0.351 e. The molecule has 1 radical (unpaired) electrons. The summed E-state index contributed by atoms with van der Waals surface area (Å²) in [6, 6.07) is 30.3. The molecular weight excluding hydrogens is 593 g/mol. The topological polar surface area (TPSA) is 16.1 Å². The van der Waals surface area contributed by atoms with E-state index in [1.54, 1.807) is 0 Å². The molecule has 4 aromatic carbocycles. The molecule has 3 heterocycles. The molecule has 0 N–H and O–H groups in total. The third-order valence-electron chi connectivity index (χ3n) is 7.88. The van der Waals surface area contributed by atoms with Crippen LogP contribution in [-0.2, 0) is 30.9 Å². The fraction of sp³-hybridized carbons (Fsp3) is 0.194. The van der Waals surface area contributed by atoms with Gasteiger partial charge < -0.3 is 9.88 Å². The number of rotatable bonds is 0. The minimum absolute atomic E-state index is 0. The van der Waals surface area contributed by atoms with E-state index in [-0.39, 0.29) is 30.9 Å². The summed E-state index contributed by atoms with van der Waals surface area (Å²) in [5.41, 5.74) is 9.85. The van der Waals surface area contributed by atoms with Crippen molar-refractivity contribution in [2.45, 2.75) is 38.5 Å². The molecule has 0 bridgehead atoms. The van der Waals surface area contributed by atoms with Gasteiger partial charge in [0, 0.05) is 48.5 Å². The van der Waals surface area contributed by atoms with E-state index >= 15 is 0 Å². The van der Waals surface area contributed by atoms with E-state index in [0.29, 0.717) is 0 Å². The van der Waals surface area contributed by atoms with Crippen LogP contribution in [0.15, 0.2) is 79.0 Å². The van der Waals surface area contributed by atoms with Crippen molar-refractivity contribution in [3.05, 3.63) is 107 Å². The molecule has 34 heavy (non-hydrogen) atoms. The van der Waals surface area contributed by atoms with E-state index in [9.17, 15) is 0 Å². The van der Waals surface area contributed by atoms with Gasteiger partial charge in [0.25, 0.3) is 0 Å². The number of nitrogens with zero attached hydrogens (tertiary/aromatic N) is 2. The molecule has 0 unspecified atom stereocenters. The Morgan fingerprint density at radius 3 is 2.09 bits per heavy atom. The molecular formula is C31H25IrN2-. The molecule has 0 aliphatic carbocycles. The minimum atomic E-state index is -0.176. The van der Waals surface area contributed by atoms with Gasteiger partial charge in [-0.3, -0.25) is 0 Å². The number of benzene rings is 4. The smallest absolute Gasteiger partial charge is 0.0412 e. The molecule has 3 heteroatoms. The number of fused-ring (bicyclic) bond motifs is 8. The zero-order chi connectivity index (χ0) is 22.5. The predicted molar refractivity (Wildman–Crippen MR) is 137 cm³/mol. The molecule has 2 aliphatic rings. The number of aromatic nitrogens is 1. The second kappa shape index (κ2) is 7.01. The van der Waals surface area contributed by atoms with Crippen LogP contribution in [0.3, 0.4) is 0 Å². The molecule has 2 nitrogen and oxygen atoms in total. The first-order valence-electron chi connectivity index (χ1n) is 11.7. The van der Waals surface area contributed by atoms with Crippen molar-refractivity contribution in [2.24, 2.45) is 0 Å². The maximum Gasteiger partial charge on any atom is 0.0412 e. The van der Waals surface area contributed by atoms with Gasteiger partial charge in [0.05, 0.1) is 0 Å². The van der Waals surface area contributed by atoms with Gasteiger partial charge in [0.1, 0.15) is 0 Å². The summed E-state index contributed by atoms with van der Waals surface area (Å²) < 4.78 is 0. The van der Waals surface area contributed by atoms with Crippen LogP contribution in [-0.4, -0.2) is 4.98 Å². The molecule has 0 amide bonds. The number of para-hydroxylation sites is 2. The summed E-state index contributed by atoms with van der Waals surface area (Å²) in [6.07, 6.45) is 1.90. The largest absolute Gasteiger partial charge is 0.351 e. The Morgan fingerprint density at radius 1 is 0.735 bits per heavy atom. The number of hydrogen-bond donors (Lipinski definition) is 0. The van der Waals surface area contributed by atoms with Gasteiger partial charge in [-0.05, 0) is 45.9 Å². The van der Waals surface area contributed by atoms with Crippen LogP contribution in [0.2, 0.25) is 0 Å². The summed E-state index contributed by atoms with van der Waals surface area (Å²) >= 11 is 0. The third kappa shape index (κ3) is 2.52. The standard InChI is InChI=1S/C31H25N2.Ir/c1-30(2)22-11-5-7-13-25(22)33-26-14-8-6-12-23(26)31(3,4)27-20-16-15-19-10-9-17-32-28(19)21(20)18-24(30)29(27)33;/h5-17H,1-4H3;/q-1;. The van der Waals surface area contributed by atoms with Gasteiger partial charge in [0.2, 0.25) is 0 Å². The fourth-order valence-corrected chi connectivity index (χ4v) is 6.26. The van der Waals surface area contributed by atoms with Crippen LogP contribution in [0.1, 0.15) is 49.9 Å². The molecule has 2 aliphatic heterocycles. The predicted octanol–water partition coefficient (Wildman–Crippen LogP) is 7.93. The number of pyridine rings is 1. The van der Waals surface area contributed by atoms with Gasteiger partial charge in [-0.1, -0.05) is 93.4 Å². The Balaban J connectivity index is 0.00000217. The summed E-state index contributed by atoms with van der Waals surface area (Å²) in [6.45, 7) is 9.42. The van der Waals surface area contributed by atoms with Crippen molar-refractivity contribution in [3.8, 4) is 0 Å². The molecule has 0 spiro atoms. The van der Waals surface area contributed by atoms with Crippen LogP contribution in [0.25, 0.3) is 21.7 Å². The quantitative estimate of drug-likeness (QED) is 0.130. The van der Waals surface area contributed by atoms with Crippen molar-refractivity contribution >= 4 is 38.7 Å². The zero-order valence-electron chi connectivity index (χ0n) is 19.7. The summed E-state index contributed by atoms with van der Waals surface area (Å²) in [5.74, 6) is 0. The zero-order valence-corrected chi connectivity index (χ0v) is 22.1. The Kier molecular flexibility index (Phi) is 4.44. The maximum absolute atomic E-state index is 4.81. The van der Waals surface area contributed by atoms with Crippen LogP contribution in [0.4, 0.5) is 17.1 Å².